The minimum atomic E-state index is -0.550. The van der Waals surface area contributed by atoms with Crippen LogP contribution in [-0.4, -0.2) is 23.4 Å². The number of Topliss-reactive ketones (excluding diaryl/α,β-unsaturated/α-hetero) is 1. The van der Waals surface area contributed by atoms with Crippen LogP contribution in [0.5, 0.6) is 0 Å². The summed E-state index contributed by atoms with van der Waals surface area (Å²) in [4.78, 5) is 23.8. The van der Waals surface area contributed by atoms with E-state index >= 15 is 0 Å². The van der Waals surface area contributed by atoms with Gasteiger partial charge in [-0.25, -0.2) is 0 Å². The van der Waals surface area contributed by atoms with Gasteiger partial charge in [0.25, 0.3) is 0 Å². The Bertz CT molecular complexity index is 557. The summed E-state index contributed by atoms with van der Waals surface area (Å²) in [5.74, 6) is -0.446. The quantitative estimate of drug-likeness (QED) is 0.243. The maximum atomic E-state index is 12.1. The highest BCUT2D eigenvalue weighted by atomic mass is 16.3. The Hall–Kier alpha value is -1.68. The number of nitrogens with one attached hydrogen (secondary N) is 1. The van der Waals surface area contributed by atoms with E-state index in [1.54, 1.807) is 24.3 Å². The summed E-state index contributed by atoms with van der Waals surface area (Å²) < 4.78 is 0. The summed E-state index contributed by atoms with van der Waals surface area (Å²) in [6.07, 6.45) is 17.1. The van der Waals surface area contributed by atoms with E-state index in [-0.39, 0.29) is 11.7 Å². The maximum Gasteiger partial charge on any atom is 0.224 e. The van der Waals surface area contributed by atoms with Gasteiger partial charge in [0.15, 0.2) is 5.78 Å². The Morgan fingerprint density at radius 1 is 0.786 bits per heavy atom. The molecule has 0 aromatic heterocycles. The fraction of sp³-hybridized carbons (Fsp3) is 0.667. The lowest BCUT2D eigenvalue weighted by atomic mass is 10.0. The maximum absolute atomic E-state index is 12.1. The monoisotopic (exact) mass is 389 g/mol. The summed E-state index contributed by atoms with van der Waals surface area (Å²) in [6.45, 7) is 1.71. The van der Waals surface area contributed by atoms with Crippen LogP contribution in [0.4, 0.5) is 5.69 Å². The van der Waals surface area contributed by atoms with Crippen LogP contribution in [0.15, 0.2) is 24.3 Å². The number of aliphatic hydroxyl groups excluding tert-OH is 1. The molecule has 0 spiro atoms. The van der Waals surface area contributed by atoms with Gasteiger partial charge in [-0.3, -0.25) is 9.59 Å². The van der Waals surface area contributed by atoms with Crippen molar-refractivity contribution in [2.24, 2.45) is 0 Å². The van der Waals surface area contributed by atoms with E-state index in [0.717, 1.165) is 12.8 Å². The van der Waals surface area contributed by atoms with Crippen molar-refractivity contribution in [2.75, 3.05) is 11.9 Å². The minimum Gasteiger partial charge on any atom is -0.388 e. The number of anilines is 1. The number of aliphatic hydroxyl groups is 1. The first kappa shape index (κ1) is 24.4. The van der Waals surface area contributed by atoms with Gasteiger partial charge < -0.3 is 10.4 Å². The van der Waals surface area contributed by atoms with E-state index in [1.807, 2.05) is 0 Å². The molecule has 1 amide bonds. The number of hydrogen-bond acceptors (Lipinski definition) is 3. The Balaban J connectivity index is 2.02. The van der Waals surface area contributed by atoms with E-state index in [9.17, 15) is 9.59 Å². The van der Waals surface area contributed by atoms with Crippen molar-refractivity contribution in [1.82, 2.24) is 0 Å². The first-order chi connectivity index (χ1) is 13.7. The zero-order valence-corrected chi connectivity index (χ0v) is 17.7. The van der Waals surface area contributed by atoms with Gasteiger partial charge in [-0.15, -0.1) is 0 Å². The Kier molecular flexibility index (Phi) is 14.2. The second-order valence-electron chi connectivity index (χ2n) is 7.67. The van der Waals surface area contributed by atoms with Crippen molar-refractivity contribution in [2.45, 2.75) is 96.8 Å². The van der Waals surface area contributed by atoms with Gasteiger partial charge in [0.05, 0.1) is 5.69 Å². The summed E-state index contributed by atoms with van der Waals surface area (Å²) in [7, 11) is 0. The van der Waals surface area contributed by atoms with Crippen molar-refractivity contribution < 1.29 is 14.7 Å². The lowest BCUT2D eigenvalue weighted by Gasteiger charge is -2.09. The molecule has 0 aliphatic rings. The molecule has 0 heterocycles. The van der Waals surface area contributed by atoms with Crippen molar-refractivity contribution in [3.8, 4) is 0 Å². The predicted molar refractivity (Wildman–Crippen MR) is 117 cm³/mol. The first-order valence-electron chi connectivity index (χ1n) is 11.2. The summed E-state index contributed by atoms with van der Waals surface area (Å²) in [5.41, 5.74) is 0.852. The Labute approximate surface area is 171 Å². The molecule has 1 rings (SSSR count). The molecule has 0 bridgehead atoms. The summed E-state index contributed by atoms with van der Waals surface area (Å²) >= 11 is 0. The summed E-state index contributed by atoms with van der Waals surface area (Å²) in [6, 6.07) is 6.82. The van der Waals surface area contributed by atoms with Crippen molar-refractivity contribution >= 4 is 17.4 Å². The fourth-order valence-corrected chi connectivity index (χ4v) is 3.44. The van der Waals surface area contributed by atoms with E-state index in [0.29, 0.717) is 17.7 Å². The molecule has 158 valence electrons. The second kappa shape index (κ2) is 16.3. The molecule has 0 saturated carbocycles. The SMILES string of the molecule is CCCCCCCCCCCCCCCC(=O)Nc1ccccc1C(=O)CO. The number of unbranched alkanes of at least 4 members (excludes halogenated alkanes) is 12. The van der Waals surface area contributed by atoms with Crippen LogP contribution in [0, 0.1) is 0 Å². The highest BCUT2D eigenvalue weighted by molar-refractivity contribution is 6.05. The number of rotatable bonds is 17. The Morgan fingerprint density at radius 2 is 1.29 bits per heavy atom. The highest BCUT2D eigenvalue weighted by Crippen LogP contribution is 2.17. The van der Waals surface area contributed by atoms with Gasteiger partial charge in [0, 0.05) is 12.0 Å². The Morgan fingerprint density at radius 3 is 1.82 bits per heavy atom. The molecule has 0 atom stereocenters. The fourth-order valence-electron chi connectivity index (χ4n) is 3.44. The zero-order valence-electron chi connectivity index (χ0n) is 17.7. The van der Waals surface area contributed by atoms with Crippen LogP contribution in [0.3, 0.4) is 0 Å². The van der Waals surface area contributed by atoms with Crippen molar-refractivity contribution in [3.63, 3.8) is 0 Å². The van der Waals surface area contributed by atoms with Gasteiger partial charge in [-0.1, -0.05) is 96.1 Å². The molecule has 1 aromatic rings. The van der Waals surface area contributed by atoms with Crippen LogP contribution in [0.25, 0.3) is 0 Å². The largest absolute Gasteiger partial charge is 0.388 e. The van der Waals surface area contributed by atoms with E-state index in [4.69, 9.17) is 5.11 Å². The molecule has 0 aliphatic heterocycles. The lowest BCUT2D eigenvalue weighted by molar-refractivity contribution is -0.116. The molecule has 4 heteroatoms. The van der Waals surface area contributed by atoms with Crippen LogP contribution >= 0.6 is 0 Å². The first-order valence-corrected chi connectivity index (χ1v) is 11.2. The van der Waals surface area contributed by atoms with Gasteiger partial charge in [-0.2, -0.15) is 0 Å². The third-order valence-electron chi connectivity index (χ3n) is 5.15. The van der Waals surface area contributed by atoms with Crippen LogP contribution in [0.2, 0.25) is 0 Å². The number of benzene rings is 1. The number of carbonyl (C=O) groups is 2. The predicted octanol–water partition coefficient (Wildman–Crippen LogP) is 6.28. The van der Waals surface area contributed by atoms with E-state index in [2.05, 4.69) is 12.2 Å². The van der Waals surface area contributed by atoms with Crippen LogP contribution < -0.4 is 5.32 Å². The molecule has 0 radical (unpaired) electrons. The highest BCUT2D eigenvalue weighted by Gasteiger charge is 2.11. The molecule has 28 heavy (non-hydrogen) atoms. The van der Waals surface area contributed by atoms with Gasteiger partial charge in [-0.05, 0) is 18.6 Å². The smallest absolute Gasteiger partial charge is 0.224 e. The lowest BCUT2D eigenvalue weighted by Crippen LogP contribution is -2.15. The average Bonchev–Trinajstić information content (AvgIpc) is 2.71. The molecule has 2 N–H and O–H groups in total. The normalized spacial score (nSPS) is 10.8. The number of carbonyl (C=O) groups excluding carboxylic acids is 2. The minimum absolute atomic E-state index is 0.0683. The van der Waals surface area contributed by atoms with Crippen LogP contribution in [0.1, 0.15) is 107 Å². The number of ketones is 1. The molecule has 0 unspecified atom stereocenters. The molecule has 1 aromatic carbocycles. The number of para-hydroxylation sites is 1. The third-order valence-corrected chi connectivity index (χ3v) is 5.15. The van der Waals surface area contributed by atoms with Crippen molar-refractivity contribution in [1.29, 1.82) is 0 Å². The van der Waals surface area contributed by atoms with E-state index in [1.165, 1.54) is 70.6 Å². The van der Waals surface area contributed by atoms with Crippen LogP contribution in [-0.2, 0) is 4.79 Å². The zero-order chi connectivity index (χ0) is 20.5. The van der Waals surface area contributed by atoms with E-state index < -0.39 is 6.61 Å². The third kappa shape index (κ3) is 11.2. The standard InChI is InChI=1S/C24H39NO3/c1-2-3-4-5-6-7-8-9-10-11-12-13-14-19-24(28)25-22-18-16-15-17-21(22)23(27)20-26/h15-18,26H,2-14,19-20H2,1H3,(H,25,28). The van der Waals surface area contributed by atoms with Gasteiger partial charge in [0.2, 0.25) is 5.91 Å². The topological polar surface area (TPSA) is 66.4 Å². The molecular formula is C24H39NO3. The van der Waals surface area contributed by atoms with Gasteiger partial charge >= 0.3 is 0 Å². The van der Waals surface area contributed by atoms with Crippen molar-refractivity contribution in [3.05, 3.63) is 29.8 Å². The molecule has 0 aliphatic carbocycles. The molecule has 0 fully saturated rings. The van der Waals surface area contributed by atoms with Gasteiger partial charge in [0.1, 0.15) is 6.61 Å². The summed E-state index contributed by atoms with van der Waals surface area (Å²) in [5, 5.41) is 11.8. The number of hydrogen-bond donors (Lipinski definition) is 2. The molecule has 0 saturated heterocycles. The molecular weight excluding hydrogens is 350 g/mol. The number of amides is 1. The average molecular weight is 390 g/mol. The second-order valence-corrected chi connectivity index (χ2v) is 7.67. The molecule has 4 nitrogen and oxygen atoms in total.